The first-order valence-electron chi connectivity index (χ1n) is 4.88. The fourth-order valence-corrected chi connectivity index (χ4v) is 1.34. The van der Waals surface area contributed by atoms with Crippen LogP contribution in [0.25, 0.3) is 0 Å². The van der Waals surface area contributed by atoms with E-state index >= 15 is 0 Å². The minimum absolute atomic E-state index is 0.0911. The number of Topliss-reactive ketones (excluding diaryl/α,β-unsaturated/α-hetero) is 1. The lowest BCUT2D eigenvalue weighted by atomic mass is 10.3. The van der Waals surface area contributed by atoms with Crippen LogP contribution in [0.4, 0.5) is 4.79 Å². The van der Waals surface area contributed by atoms with Gasteiger partial charge in [-0.25, -0.2) is 4.79 Å². The lowest BCUT2D eigenvalue weighted by molar-refractivity contribution is -0.127. The molecule has 0 spiro atoms. The van der Waals surface area contributed by atoms with Crippen molar-refractivity contribution in [3.63, 3.8) is 0 Å². The highest BCUT2D eigenvalue weighted by atomic mass is 16.2. The summed E-state index contributed by atoms with van der Waals surface area (Å²) in [5, 5.41) is 5.24. The maximum atomic E-state index is 11.1. The smallest absolute Gasteiger partial charge is 0.317 e. The number of amides is 3. The van der Waals surface area contributed by atoms with Gasteiger partial charge in [-0.05, 0) is 6.92 Å². The molecule has 0 radical (unpaired) electrons. The average Bonchev–Trinajstić information content (AvgIpc) is 2.50. The number of urea groups is 1. The van der Waals surface area contributed by atoms with Gasteiger partial charge in [0.05, 0.1) is 6.42 Å². The molecule has 1 heterocycles. The van der Waals surface area contributed by atoms with Gasteiger partial charge < -0.3 is 15.5 Å². The molecule has 1 rings (SSSR count). The highest BCUT2D eigenvalue weighted by Gasteiger charge is 2.18. The van der Waals surface area contributed by atoms with Gasteiger partial charge in [0.1, 0.15) is 5.78 Å². The first-order chi connectivity index (χ1) is 7.09. The van der Waals surface area contributed by atoms with Crippen LogP contribution in [0.1, 0.15) is 13.3 Å². The van der Waals surface area contributed by atoms with Crippen molar-refractivity contribution in [2.24, 2.45) is 0 Å². The first-order valence-corrected chi connectivity index (χ1v) is 4.88. The average molecular weight is 213 g/mol. The van der Waals surface area contributed by atoms with Crippen LogP contribution in [-0.2, 0) is 9.59 Å². The van der Waals surface area contributed by atoms with Crippen LogP contribution in [0.2, 0.25) is 0 Å². The molecule has 6 nitrogen and oxygen atoms in total. The van der Waals surface area contributed by atoms with Gasteiger partial charge in [0, 0.05) is 26.2 Å². The molecule has 0 bridgehead atoms. The van der Waals surface area contributed by atoms with Crippen molar-refractivity contribution in [3.05, 3.63) is 0 Å². The van der Waals surface area contributed by atoms with Crippen LogP contribution >= 0.6 is 0 Å². The number of ketones is 1. The van der Waals surface area contributed by atoms with Crippen molar-refractivity contribution in [1.82, 2.24) is 15.5 Å². The van der Waals surface area contributed by atoms with E-state index < -0.39 is 0 Å². The summed E-state index contributed by atoms with van der Waals surface area (Å²) in [6.07, 6.45) is -0.0911. The summed E-state index contributed by atoms with van der Waals surface area (Å²) in [5.74, 6) is -0.450. The molecule has 0 saturated carbocycles. The van der Waals surface area contributed by atoms with Crippen LogP contribution in [0, 0.1) is 0 Å². The molecule has 0 aromatic heterocycles. The molecule has 1 aliphatic heterocycles. The lowest BCUT2D eigenvalue weighted by Gasteiger charge is -2.13. The maximum absolute atomic E-state index is 11.1. The molecular formula is C9H15N3O3. The van der Waals surface area contributed by atoms with Crippen molar-refractivity contribution in [3.8, 4) is 0 Å². The van der Waals surface area contributed by atoms with E-state index in [1.165, 1.54) is 6.92 Å². The van der Waals surface area contributed by atoms with E-state index in [0.29, 0.717) is 26.2 Å². The molecule has 0 aromatic rings. The monoisotopic (exact) mass is 213 g/mol. The summed E-state index contributed by atoms with van der Waals surface area (Å²) >= 11 is 0. The molecule has 15 heavy (non-hydrogen) atoms. The van der Waals surface area contributed by atoms with Gasteiger partial charge in [0.25, 0.3) is 0 Å². The maximum Gasteiger partial charge on any atom is 0.317 e. The fraction of sp³-hybridized carbons (Fsp3) is 0.667. The molecule has 1 saturated heterocycles. The van der Waals surface area contributed by atoms with Crippen molar-refractivity contribution >= 4 is 17.7 Å². The fourth-order valence-electron chi connectivity index (χ4n) is 1.34. The van der Waals surface area contributed by atoms with E-state index in [2.05, 4.69) is 10.6 Å². The largest absolute Gasteiger partial charge is 0.354 e. The van der Waals surface area contributed by atoms with Gasteiger partial charge in [0.15, 0.2) is 0 Å². The van der Waals surface area contributed by atoms with Gasteiger partial charge in [-0.2, -0.15) is 0 Å². The van der Waals surface area contributed by atoms with Crippen molar-refractivity contribution < 1.29 is 14.4 Å². The van der Waals surface area contributed by atoms with E-state index in [1.807, 2.05) is 0 Å². The van der Waals surface area contributed by atoms with Gasteiger partial charge in [-0.3, -0.25) is 9.59 Å². The van der Waals surface area contributed by atoms with Crippen LogP contribution in [0.15, 0.2) is 0 Å². The lowest BCUT2D eigenvalue weighted by Crippen LogP contribution is -2.37. The molecule has 1 fully saturated rings. The first kappa shape index (κ1) is 11.5. The number of hydrogen-bond acceptors (Lipinski definition) is 3. The highest BCUT2D eigenvalue weighted by Crippen LogP contribution is 1.94. The Balaban J connectivity index is 2.13. The Bertz CT molecular complexity index is 278. The third-order valence-corrected chi connectivity index (χ3v) is 2.06. The van der Waals surface area contributed by atoms with E-state index in [9.17, 15) is 14.4 Å². The number of carbonyl (C=O) groups is 3. The Morgan fingerprint density at radius 3 is 2.80 bits per heavy atom. The molecule has 84 valence electrons. The van der Waals surface area contributed by atoms with E-state index in [-0.39, 0.29) is 24.1 Å². The molecular weight excluding hydrogens is 198 g/mol. The van der Waals surface area contributed by atoms with Gasteiger partial charge in [-0.1, -0.05) is 0 Å². The van der Waals surface area contributed by atoms with Crippen LogP contribution in [0.3, 0.4) is 0 Å². The number of carbonyl (C=O) groups excluding carboxylic acids is 3. The molecule has 1 aliphatic rings. The Morgan fingerprint density at radius 2 is 2.27 bits per heavy atom. The minimum atomic E-state index is -0.290. The summed E-state index contributed by atoms with van der Waals surface area (Å²) < 4.78 is 0. The quantitative estimate of drug-likeness (QED) is 0.581. The number of hydrogen-bond donors (Lipinski definition) is 2. The standard InChI is InChI=1S/C9H15N3O3/c1-7(13)6-8(14)10-2-4-12-5-3-11-9(12)15/h2-6H2,1H3,(H,10,14)(H,11,15). The second-order valence-electron chi connectivity index (χ2n) is 3.45. The zero-order chi connectivity index (χ0) is 11.3. The van der Waals surface area contributed by atoms with E-state index in [1.54, 1.807) is 4.90 Å². The predicted molar refractivity (Wildman–Crippen MR) is 53.3 cm³/mol. The van der Waals surface area contributed by atoms with Crippen molar-refractivity contribution in [2.75, 3.05) is 26.2 Å². The zero-order valence-corrected chi connectivity index (χ0v) is 8.71. The Labute approximate surface area is 88.0 Å². The Morgan fingerprint density at radius 1 is 1.53 bits per heavy atom. The Hall–Kier alpha value is -1.59. The topological polar surface area (TPSA) is 78.5 Å². The third kappa shape index (κ3) is 3.97. The normalized spacial score (nSPS) is 15.0. The second kappa shape index (κ2) is 5.33. The summed E-state index contributed by atoms with van der Waals surface area (Å²) in [4.78, 5) is 34.3. The highest BCUT2D eigenvalue weighted by molar-refractivity contribution is 5.96. The van der Waals surface area contributed by atoms with Gasteiger partial charge in [-0.15, -0.1) is 0 Å². The molecule has 0 aliphatic carbocycles. The number of nitrogens with zero attached hydrogens (tertiary/aromatic N) is 1. The molecule has 0 unspecified atom stereocenters. The summed E-state index contributed by atoms with van der Waals surface area (Å²) in [7, 11) is 0. The van der Waals surface area contributed by atoms with Crippen molar-refractivity contribution in [2.45, 2.75) is 13.3 Å². The van der Waals surface area contributed by atoms with Crippen LogP contribution in [0.5, 0.6) is 0 Å². The molecule has 3 amide bonds. The van der Waals surface area contributed by atoms with E-state index in [4.69, 9.17) is 0 Å². The summed E-state index contributed by atoms with van der Waals surface area (Å²) in [5.41, 5.74) is 0. The number of nitrogens with one attached hydrogen (secondary N) is 2. The van der Waals surface area contributed by atoms with Crippen LogP contribution in [-0.4, -0.2) is 48.8 Å². The SMILES string of the molecule is CC(=O)CC(=O)NCCN1CCNC1=O. The molecule has 0 atom stereocenters. The second-order valence-corrected chi connectivity index (χ2v) is 3.45. The third-order valence-electron chi connectivity index (χ3n) is 2.06. The van der Waals surface area contributed by atoms with Crippen molar-refractivity contribution in [1.29, 1.82) is 0 Å². The predicted octanol–water partition coefficient (Wildman–Crippen LogP) is -0.893. The minimum Gasteiger partial charge on any atom is -0.354 e. The number of rotatable bonds is 5. The summed E-state index contributed by atoms with van der Waals surface area (Å²) in [6.45, 7) is 3.56. The van der Waals surface area contributed by atoms with E-state index in [0.717, 1.165) is 0 Å². The molecule has 6 heteroatoms. The molecule has 0 aromatic carbocycles. The Kier molecular flexibility index (Phi) is 4.08. The summed E-state index contributed by atoms with van der Waals surface area (Å²) in [6, 6.07) is -0.101. The molecule has 2 N–H and O–H groups in total. The van der Waals surface area contributed by atoms with Gasteiger partial charge in [0.2, 0.25) is 5.91 Å². The zero-order valence-electron chi connectivity index (χ0n) is 8.71. The van der Waals surface area contributed by atoms with Gasteiger partial charge >= 0.3 is 6.03 Å². The van der Waals surface area contributed by atoms with Crippen LogP contribution < -0.4 is 10.6 Å².